The summed E-state index contributed by atoms with van der Waals surface area (Å²) >= 11 is 5.89. The molecule has 0 saturated heterocycles. The Hall–Kier alpha value is -1.03. The lowest BCUT2D eigenvalue weighted by Gasteiger charge is -2.40. The average molecular weight is 280 g/mol. The van der Waals surface area contributed by atoms with Gasteiger partial charge in [-0.05, 0) is 31.1 Å². The standard InChI is InChI=1S/C14H18ClN3O/c15-13-8-12-14(17-16-13)18(3-4-19-12)11-6-9-1-2-10(5-9)7-11/h8-11H,1-7H2/t9-,10?,11+/m0/s1. The highest BCUT2D eigenvalue weighted by Gasteiger charge is 2.38. The van der Waals surface area contributed by atoms with Gasteiger partial charge < -0.3 is 9.64 Å². The van der Waals surface area contributed by atoms with Crippen LogP contribution in [-0.2, 0) is 0 Å². The predicted molar refractivity (Wildman–Crippen MR) is 73.7 cm³/mol. The maximum atomic E-state index is 5.89. The Morgan fingerprint density at radius 2 is 1.95 bits per heavy atom. The molecule has 4 rings (SSSR count). The molecule has 0 radical (unpaired) electrons. The molecule has 1 aliphatic heterocycles. The predicted octanol–water partition coefficient (Wildman–Crippen LogP) is 2.91. The summed E-state index contributed by atoms with van der Waals surface area (Å²) in [6, 6.07) is 2.40. The molecular formula is C14H18ClN3O. The van der Waals surface area contributed by atoms with E-state index < -0.39 is 0 Å². The minimum Gasteiger partial charge on any atom is -0.488 e. The van der Waals surface area contributed by atoms with Crippen LogP contribution in [0.15, 0.2) is 6.07 Å². The molecule has 0 spiro atoms. The quantitative estimate of drug-likeness (QED) is 0.792. The van der Waals surface area contributed by atoms with Gasteiger partial charge in [0.25, 0.3) is 0 Å². The normalized spacial score (nSPS) is 32.9. The monoisotopic (exact) mass is 279 g/mol. The molecule has 0 amide bonds. The third kappa shape index (κ3) is 2.06. The van der Waals surface area contributed by atoms with Crippen molar-refractivity contribution in [3.05, 3.63) is 11.2 Å². The zero-order valence-electron chi connectivity index (χ0n) is 10.9. The van der Waals surface area contributed by atoms with Gasteiger partial charge in [0, 0.05) is 12.1 Å². The van der Waals surface area contributed by atoms with E-state index in [1.165, 1.54) is 32.1 Å². The minimum absolute atomic E-state index is 0.407. The Kier molecular flexibility index (Phi) is 2.79. The van der Waals surface area contributed by atoms with Crippen LogP contribution in [0, 0.1) is 11.8 Å². The van der Waals surface area contributed by atoms with Crippen LogP contribution in [0.5, 0.6) is 5.75 Å². The number of fused-ring (bicyclic) bond motifs is 3. The van der Waals surface area contributed by atoms with Gasteiger partial charge in [-0.15, -0.1) is 10.2 Å². The Morgan fingerprint density at radius 1 is 1.16 bits per heavy atom. The first kappa shape index (κ1) is 11.8. The molecule has 0 aromatic carbocycles. The van der Waals surface area contributed by atoms with Crippen molar-refractivity contribution in [2.75, 3.05) is 18.1 Å². The second kappa shape index (κ2) is 4.51. The fourth-order valence-corrected chi connectivity index (χ4v) is 4.23. The van der Waals surface area contributed by atoms with E-state index in [2.05, 4.69) is 15.1 Å². The maximum absolute atomic E-state index is 5.89. The molecule has 3 atom stereocenters. The lowest BCUT2D eigenvalue weighted by Crippen LogP contribution is -2.44. The highest BCUT2D eigenvalue weighted by molar-refractivity contribution is 6.29. The van der Waals surface area contributed by atoms with Gasteiger partial charge in [0.1, 0.15) is 6.61 Å². The summed E-state index contributed by atoms with van der Waals surface area (Å²) in [5, 5.41) is 8.66. The summed E-state index contributed by atoms with van der Waals surface area (Å²) in [6.07, 6.45) is 6.90. The van der Waals surface area contributed by atoms with Gasteiger partial charge in [-0.3, -0.25) is 0 Å². The summed E-state index contributed by atoms with van der Waals surface area (Å²) in [4.78, 5) is 2.41. The molecule has 2 aliphatic carbocycles. The lowest BCUT2D eigenvalue weighted by atomic mass is 9.84. The van der Waals surface area contributed by atoms with E-state index in [9.17, 15) is 0 Å². The van der Waals surface area contributed by atoms with E-state index in [1.54, 1.807) is 6.07 Å². The van der Waals surface area contributed by atoms with Crippen molar-refractivity contribution in [3.63, 3.8) is 0 Å². The fourth-order valence-electron chi connectivity index (χ4n) is 4.09. The second-order valence-electron chi connectivity index (χ2n) is 6.07. The van der Waals surface area contributed by atoms with Gasteiger partial charge in [0.15, 0.2) is 16.7 Å². The van der Waals surface area contributed by atoms with Crippen molar-refractivity contribution in [3.8, 4) is 5.75 Å². The zero-order valence-corrected chi connectivity index (χ0v) is 11.6. The Morgan fingerprint density at radius 3 is 2.74 bits per heavy atom. The highest BCUT2D eigenvalue weighted by Crippen LogP contribution is 2.45. The largest absolute Gasteiger partial charge is 0.488 e. The van der Waals surface area contributed by atoms with Crippen LogP contribution in [0.3, 0.4) is 0 Å². The Labute approximate surface area is 118 Å². The Bertz CT molecular complexity index is 484. The van der Waals surface area contributed by atoms with Gasteiger partial charge in [0.2, 0.25) is 0 Å². The minimum atomic E-state index is 0.407. The molecule has 2 bridgehead atoms. The number of halogens is 1. The zero-order chi connectivity index (χ0) is 12.8. The molecule has 19 heavy (non-hydrogen) atoms. The van der Waals surface area contributed by atoms with Crippen molar-refractivity contribution in [2.45, 2.75) is 38.1 Å². The number of ether oxygens (including phenoxy) is 1. The highest BCUT2D eigenvalue weighted by atomic mass is 35.5. The third-order valence-electron chi connectivity index (χ3n) is 4.87. The molecule has 1 aromatic heterocycles. The lowest BCUT2D eigenvalue weighted by molar-refractivity contribution is 0.260. The number of aromatic nitrogens is 2. The van der Waals surface area contributed by atoms with Crippen LogP contribution >= 0.6 is 11.6 Å². The number of nitrogens with zero attached hydrogens (tertiary/aromatic N) is 3. The van der Waals surface area contributed by atoms with Crippen molar-refractivity contribution in [2.24, 2.45) is 11.8 Å². The third-order valence-corrected chi connectivity index (χ3v) is 5.06. The van der Waals surface area contributed by atoms with E-state index in [0.29, 0.717) is 11.2 Å². The van der Waals surface area contributed by atoms with Crippen LogP contribution in [0.4, 0.5) is 5.82 Å². The molecule has 3 aliphatic rings. The summed E-state index contributed by atoms with van der Waals surface area (Å²) in [7, 11) is 0. The van der Waals surface area contributed by atoms with Gasteiger partial charge in [-0.25, -0.2) is 0 Å². The van der Waals surface area contributed by atoms with Crippen molar-refractivity contribution in [1.29, 1.82) is 0 Å². The first-order valence-corrected chi connectivity index (χ1v) is 7.60. The first-order chi connectivity index (χ1) is 9.29. The molecule has 0 N–H and O–H groups in total. The van der Waals surface area contributed by atoms with Gasteiger partial charge in [-0.2, -0.15) is 0 Å². The van der Waals surface area contributed by atoms with Crippen LogP contribution < -0.4 is 9.64 Å². The Balaban J connectivity index is 1.63. The molecule has 1 aromatic rings. The van der Waals surface area contributed by atoms with Crippen molar-refractivity contribution < 1.29 is 4.74 Å². The molecule has 2 saturated carbocycles. The average Bonchev–Trinajstić information content (AvgIpc) is 2.76. The molecule has 5 heteroatoms. The SMILES string of the molecule is Clc1cc2c(nn1)N([C@H]1CC3CC[C@@H](C3)C1)CCO2. The van der Waals surface area contributed by atoms with Crippen LogP contribution in [0.1, 0.15) is 32.1 Å². The van der Waals surface area contributed by atoms with Crippen molar-refractivity contribution >= 4 is 17.4 Å². The maximum Gasteiger partial charge on any atom is 0.194 e. The van der Waals surface area contributed by atoms with E-state index in [1.807, 2.05) is 0 Å². The topological polar surface area (TPSA) is 38.2 Å². The van der Waals surface area contributed by atoms with E-state index in [4.69, 9.17) is 16.3 Å². The van der Waals surface area contributed by atoms with Gasteiger partial charge >= 0.3 is 0 Å². The summed E-state index contributed by atoms with van der Waals surface area (Å²) in [6.45, 7) is 1.65. The summed E-state index contributed by atoms with van der Waals surface area (Å²) < 4.78 is 5.67. The summed E-state index contributed by atoms with van der Waals surface area (Å²) in [5.41, 5.74) is 0. The first-order valence-electron chi connectivity index (χ1n) is 7.22. The number of rotatable bonds is 1. The van der Waals surface area contributed by atoms with Crippen molar-refractivity contribution in [1.82, 2.24) is 10.2 Å². The molecule has 2 heterocycles. The smallest absolute Gasteiger partial charge is 0.194 e. The number of hydrogen-bond acceptors (Lipinski definition) is 4. The molecule has 2 fully saturated rings. The van der Waals surface area contributed by atoms with Crippen LogP contribution in [0.2, 0.25) is 5.15 Å². The fraction of sp³-hybridized carbons (Fsp3) is 0.714. The molecule has 102 valence electrons. The van der Waals surface area contributed by atoms with Crippen LogP contribution in [-0.4, -0.2) is 29.4 Å². The second-order valence-corrected chi connectivity index (χ2v) is 6.45. The molecule has 1 unspecified atom stereocenters. The van der Waals surface area contributed by atoms with Gasteiger partial charge in [-0.1, -0.05) is 24.4 Å². The summed E-state index contributed by atoms with van der Waals surface area (Å²) in [5.74, 6) is 3.54. The molecular weight excluding hydrogens is 262 g/mol. The number of hydrogen-bond donors (Lipinski definition) is 0. The van der Waals surface area contributed by atoms with E-state index in [0.717, 1.165) is 36.6 Å². The van der Waals surface area contributed by atoms with E-state index in [-0.39, 0.29) is 0 Å². The molecule has 4 nitrogen and oxygen atoms in total. The van der Waals surface area contributed by atoms with Crippen LogP contribution in [0.25, 0.3) is 0 Å². The number of anilines is 1. The van der Waals surface area contributed by atoms with E-state index >= 15 is 0 Å². The van der Waals surface area contributed by atoms with Gasteiger partial charge in [0.05, 0.1) is 6.54 Å².